The molecule has 0 heterocycles. The quantitative estimate of drug-likeness (QED) is 0.0914. The first-order valence-electron chi connectivity index (χ1n) is 15.7. The van der Waals surface area contributed by atoms with Gasteiger partial charge in [-0.05, 0) is 58.7 Å². The fraction of sp³-hybridized carbons (Fsp3) is 0.459. The molecule has 0 spiro atoms. The predicted octanol–water partition coefficient (Wildman–Crippen LogP) is 11.4. The topological polar surface area (TPSA) is 18.5 Å². The Bertz CT molecular complexity index is 1300. The van der Waals surface area contributed by atoms with Gasteiger partial charge in [0.25, 0.3) is 0 Å². The molecule has 2 nitrogen and oxygen atoms in total. The summed E-state index contributed by atoms with van der Waals surface area (Å²) in [5, 5.41) is 4.87. The summed E-state index contributed by atoms with van der Waals surface area (Å²) in [6.07, 6.45) is 16.3. The minimum atomic E-state index is 0.738. The molecule has 0 fully saturated rings. The zero-order valence-corrected chi connectivity index (χ0v) is 25.4. The van der Waals surface area contributed by atoms with Gasteiger partial charge in [0.1, 0.15) is 11.5 Å². The van der Waals surface area contributed by atoms with Crippen LogP contribution in [0.1, 0.15) is 90.4 Å². The van der Waals surface area contributed by atoms with Crippen LogP contribution in [0, 0.1) is 0 Å². The highest BCUT2D eigenvalue weighted by Gasteiger charge is 2.19. The van der Waals surface area contributed by atoms with E-state index >= 15 is 0 Å². The maximum Gasteiger partial charge on any atom is 0.127 e. The van der Waals surface area contributed by atoms with Crippen LogP contribution in [-0.2, 0) is 0 Å². The van der Waals surface area contributed by atoms with Crippen molar-refractivity contribution in [3.8, 4) is 22.6 Å². The summed E-state index contributed by atoms with van der Waals surface area (Å²) in [7, 11) is 0. The van der Waals surface area contributed by atoms with E-state index in [1.807, 2.05) is 0 Å². The van der Waals surface area contributed by atoms with E-state index in [1.165, 1.54) is 92.2 Å². The van der Waals surface area contributed by atoms with Crippen LogP contribution in [0.5, 0.6) is 11.5 Å². The zero-order valence-electron chi connectivity index (χ0n) is 24.5. The Labute approximate surface area is 247 Å². The Hall–Kier alpha value is -2.65. The van der Waals surface area contributed by atoms with Crippen LogP contribution in [-0.4, -0.2) is 19.0 Å². The average molecular weight is 557 g/mol. The van der Waals surface area contributed by atoms with Gasteiger partial charge in [0.2, 0.25) is 0 Å². The summed E-state index contributed by atoms with van der Waals surface area (Å²) in [5.74, 6) is 2.92. The lowest BCUT2D eigenvalue weighted by molar-refractivity contribution is 0.302. The maximum absolute atomic E-state index is 6.57. The first kappa shape index (κ1) is 30.3. The molecule has 40 heavy (non-hydrogen) atoms. The average Bonchev–Trinajstić information content (AvgIpc) is 2.99. The molecular formula is C37H48O2S. The summed E-state index contributed by atoms with van der Waals surface area (Å²) in [6.45, 7) is 3.73. The Kier molecular flexibility index (Phi) is 13.1. The summed E-state index contributed by atoms with van der Waals surface area (Å²) in [5.41, 5.74) is 2.30. The highest BCUT2D eigenvalue weighted by Crippen LogP contribution is 2.45. The molecule has 3 heteroatoms. The van der Waals surface area contributed by atoms with E-state index in [0.29, 0.717) is 0 Å². The van der Waals surface area contributed by atoms with Crippen LogP contribution in [0.25, 0.3) is 32.7 Å². The van der Waals surface area contributed by atoms with Crippen LogP contribution in [0.3, 0.4) is 0 Å². The van der Waals surface area contributed by atoms with E-state index in [0.717, 1.165) is 54.4 Å². The molecule has 4 rings (SSSR count). The first-order chi connectivity index (χ1) is 19.8. The number of fused-ring (bicyclic) bond motifs is 2. The molecule has 0 bridgehead atoms. The van der Waals surface area contributed by atoms with E-state index in [2.05, 4.69) is 92.3 Å². The van der Waals surface area contributed by atoms with Crippen molar-refractivity contribution in [1.29, 1.82) is 0 Å². The van der Waals surface area contributed by atoms with Crippen molar-refractivity contribution >= 4 is 34.2 Å². The first-order valence-corrected chi connectivity index (χ1v) is 16.4. The van der Waals surface area contributed by atoms with Crippen LogP contribution >= 0.6 is 12.6 Å². The molecule has 4 aromatic carbocycles. The molecule has 0 radical (unpaired) electrons. The molecule has 0 saturated heterocycles. The van der Waals surface area contributed by atoms with E-state index in [4.69, 9.17) is 9.47 Å². The van der Waals surface area contributed by atoms with E-state index < -0.39 is 0 Å². The summed E-state index contributed by atoms with van der Waals surface area (Å²) in [4.78, 5) is 0. The molecule has 0 saturated carbocycles. The van der Waals surface area contributed by atoms with Crippen molar-refractivity contribution in [1.82, 2.24) is 0 Å². The number of rotatable bonds is 19. The zero-order chi connectivity index (χ0) is 27.8. The monoisotopic (exact) mass is 556 g/mol. The standard InChI is InChI=1S/C37H48O2S/c1-2-3-4-16-27-38-34-25-23-30-19-12-14-21-32(30)36(34)37-33-22-15-13-20-31(33)24-26-35(37)39-28-17-10-8-6-5-7-9-11-18-29-40/h12-15,19-26,40H,2-11,16-18,27-29H2,1H3. The Morgan fingerprint density at radius 3 is 1.38 bits per heavy atom. The third kappa shape index (κ3) is 8.67. The smallest absolute Gasteiger partial charge is 0.127 e. The van der Waals surface area contributed by atoms with Gasteiger partial charge >= 0.3 is 0 Å². The minimum absolute atomic E-state index is 0.738. The van der Waals surface area contributed by atoms with Crippen molar-refractivity contribution in [3.05, 3.63) is 72.8 Å². The molecule has 0 amide bonds. The van der Waals surface area contributed by atoms with Crippen LogP contribution in [0.15, 0.2) is 72.8 Å². The lowest BCUT2D eigenvalue weighted by Crippen LogP contribution is -2.02. The summed E-state index contributed by atoms with van der Waals surface area (Å²) >= 11 is 4.31. The molecular weight excluding hydrogens is 508 g/mol. The number of benzene rings is 4. The molecule has 0 atom stereocenters. The normalized spacial score (nSPS) is 11.3. The largest absolute Gasteiger partial charge is 0.493 e. The van der Waals surface area contributed by atoms with Gasteiger partial charge in [0.15, 0.2) is 0 Å². The Balaban J connectivity index is 1.52. The van der Waals surface area contributed by atoms with Crippen molar-refractivity contribution in [2.24, 2.45) is 0 Å². The second-order valence-electron chi connectivity index (χ2n) is 11.0. The lowest BCUT2D eigenvalue weighted by atomic mass is 9.92. The fourth-order valence-electron chi connectivity index (χ4n) is 5.60. The Morgan fingerprint density at radius 2 is 0.900 bits per heavy atom. The number of unbranched alkanes of at least 4 members (excludes halogenated alkanes) is 11. The molecule has 214 valence electrons. The molecule has 0 aliphatic rings. The molecule has 4 aromatic rings. The van der Waals surface area contributed by atoms with Crippen molar-refractivity contribution in [2.45, 2.75) is 90.4 Å². The highest BCUT2D eigenvalue weighted by atomic mass is 32.1. The number of hydrogen-bond donors (Lipinski definition) is 1. The lowest BCUT2D eigenvalue weighted by Gasteiger charge is -2.20. The van der Waals surface area contributed by atoms with Gasteiger partial charge in [0.05, 0.1) is 13.2 Å². The van der Waals surface area contributed by atoms with Gasteiger partial charge in [0, 0.05) is 11.1 Å². The van der Waals surface area contributed by atoms with E-state index in [1.54, 1.807) is 0 Å². The second-order valence-corrected chi connectivity index (χ2v) is 11.4. The van der Waals surface area contributed by atoms with Gasteiger partial charge in [-0.1, -0.05) is 132 Å². The van der Waals surface area contributed by atoms with Crippen molar-refractivity contribution < 1.29 is 9.47 Å². The molecule has 0 aliphatic heterocycles. The molecule has 0 N–H and O–H groups in total. The SMILES string of the molecule is CCCCCCOc1ccc2ccccc2c1-c1c(OCCCCCCCCCCCS)ccc2ccccc12. The molecule has 0 unspecified atom stereocenters. The highest BCUT2D eigenvalue weighted by molar-refractivity contribution is 7.80. The van der Waals surface area contributed by atoms with Crippen molar-refractivity contribution in [3.63, 3.8) is 0 Å². The molecule has 0 aromatic heterocycles. The minimum Gasteiger partial charge on any atom is -0.493 e. The number of thiol groups is 1. The van der Waals surface area contributed by atoms with Crippen LogP contribution < -0.4 is 9.47 Å². The number of ether oxygens (including phenoxy) is 2. The van der Waals surface area contributed by atoms with Gasteiger partial charge in [-0.2, -0.15) is 12.6 Å². The van der Waals surface area contributed by atoms with Gasteiger partial charge in [-0.3, -0.25) is 0 Å². The van der Waals surface area contributed by atoms with Crippen LogP contribution in [0.4, 0.5) is 0 Å². The third-order valence-corrected chi connectivity index (χ3v) is 8.16. The number of hydrogen-bond acceptors (Lipinski definition) is 3. The predicted molar refractivity (Wildman–Crippen MR) is 177 cm³/mol. The van der Waals surface area contributed by atoms with E-state index in [9.17, 15) is 0 Å². The van der Waals surface area contributed by atoms with Gasteiger partial charge in [-0.15, -0.1) is 0 Å². The summed E-state index contributed by atoms with van der Waals surface area (Å²) in [6, 6.07) is 26.0. The summed E-state index contributed by atoms with van der Waals surface area (Å²) < 4.78 is 13.1. The van der Waals surface area contributed by atoms with E-state index in [-0.39, 0.29) is 0 Å². The van der Waals surface area contributed by atoms with Crippen molar-refractivity contribution in [2.75, 3.05) is 19.0 Å². The third-order valence-electron chi connectivity index (χ3n) is 7.85. The fourth-order valence-corrected chi connectivity index (χ4v) is 5.83. The van der Waals surface area contributed by atoms with Gasteiger partial charge in [-0.25, -0.2) is 0 Å². The van der Waals surface area contributed by atoms with Crippen LogP contribution in [0.2, 0.25) is 0 Å². The Morgan fingerprint density at radius 1 is 0.475 bits per heavy atom. The second kappa shape index (κ2) is 17.2. The van der Waals surface area contributed by atoms with Gasteiger partial charge < -0.3 is 9.47 Å². The molecule has 0 aliphatic carbocycles. The maximum atomic E-state index is 6.57.